The molecule has 0 fully saturated rings. The maximum atomic E-state index is 9.96. The molecule has 0 heterocycles. The maximum Gasteiger partial charge on any atom is 0.0114 e. The largest absolute Gasteiger partial charge is 0.785 e. The summed E-state index contributed by atoms with van der Waals surface area (Å²) in [6, 6.07) is 0. The fourth-order valence-electron chi connectivity index (χ4n) is 0.119. The van der Waals surface area contributed by atoms with Gasteiger partial charge in [-0.3, -0.25) is 0 Å². The molecule has 0 bridgehead atoms. The SMILES string of the molecule is CN([O-])CCI. The Morgan fingerprint density at radius 1 is 1.83 bits per heavy atom. The molecule has 3 heteroatoms. The lowest BCUT2D eigenvalue weighted by molar-refractivity contribution is 0.494. The van der Waals surface area contributed by atoms with Crippen molar-refractivity contribution in [2.45, 2.75) is 0 Å². The van der Waals surface area contributed by atoms with Crippen LogP contribution in [0.15, 0.2) is 0 Å². The van der Waals surface area contributed by atoms with Gasteiger partial charge in [0, 0.05) is 4.43 Å². The zero-order chi connectivity index (χ0) is 4.99. The minimum Gasteiger partial charge on any atom is -0.785 e. The summed E-state index contributed by atoms with van der Waals surface area (Å²) in [6.45, 7) is 0.639. The van der Waals surface area contributed by atoms with Gasteiger partial charge in [-0.25, -0.2) is 0 Å². The standard InChI is InChI=1S/C3H7INO/c1-5(6)3-2-4/h2-3H2,1H3/q-1. The highest BCUT2D eigenvalue weighted by atomic mass is 127. The molecule has 0 N–H and O–H groups in total. The van der Waals surface area contributed by atoms with Gasteiger partial charge in [0.1, 0.15) is 0 Å². The van der Waals surface area contributed by atoms with E-state index in [-0.39, 0.29) is 0 Å². The maximum absolute atomic E-state index is 9.96. The molecule has 0 aromatic rings. The molecule has 0 aromatic carbocycles. The van der Waals surface area contributed by atoms with Gasteiger partial charge in [-0.1, -0.05) is 22.6 Å². The Hall–Kier alpha value is 0.650. The average Bonchev–Trinajstić information content (AvgIpc) is 1.35. The molecule has 0 unspecified atom stereocenters. The second kappa shape index (κ2) is 3.83. The fourth-order valence-corrected chi connectivity index (χ4v) is 0.798. The van der Waals surface area contributed by atoms with Crippen LogP contribution >= 0.6 is 22.6 Å². The molecule has 0 aliphatic rings. The first kappa shape index (κ1) is 6.65. The van der Waals surface area contributed by atoms with Crippen LogP contribution in [-0.4, -0.2) is 23.1 Å². The van der Waals surface area contributed by atoms with Crippen molar-refractivity contribution >= 4 is 22.6 Å². The van der Waals surface area contributed by atoms with Gasteiger partial charge in [-0.15, -0.1) is 0 Å². The molecule has 0 spiro atoms. The normalized spacial score (nSPS) is 10.0. The third-order valence-corrected chi connectivity index (χ3v) is 0.882. The van der Waals surface area contributed by atoms with E-state index in [1.54, 1.807) is 0 Å². The first-order chi connectivity index (χ1) is 2.77. The van der Waals surface area contributed by atoms with Crippen LogP contribution in [-0.2, 0) is 0 Å². The van der Waals surface area contributed by atoms with Crippen LogP contribution in [0.3, 0.4) is 0 Å². The van der Waals surface area contributed by atoms with Crippen molar-refractivity contribution in [3.8, 4) is 0 Å². The molecule has 0 saturated carbocycles. The fraction of sp³-hybridized carbons (Fsp3) is 1.00. The van der Waals surface area contributed by atoms with Gasteiger partial charge >= 0.3 is 0 Å². The van der Waals surface area contributed by atoms with E-state index in [9.17, 15) is 5.21 Å². The zero-order valence-corrected chi connectivity index (χ0v) is 5.81. The van der Waals surface area contributed by atoms with Gasteiger partial charge in [0.2, 0.25) is 0 Å². The van der Waals surface area contributed by atoms with Gasteiger partial charge in [0.05, 0.1) is 0 Å². The lowest BCUT2D eigenvalue weighted by Crippen LogP contribution is -2.10. The first-order valence-corrected chi connectivity index (χ1v) is 3.24. The summed E-state index contributed by atoms with van der Waals surface area (Å²) in [5.74, 6) is 0. The van der Waals surface area contributed by atoms with E-state index in [1.807, 2.05) is 0 Å². The van der Waals surface area contributed by atoms with Crippen LogP contribution < -0.4 is 0 Å². The average molecular weight is 200 g/mol. The smallest absolute Gasteiger partial charge is 0.0114 e. The molecule has 2 nitrogen and oxygen atoms in total. The van der Waals surface area contributed by atoms with Gasteiger partial charge in [-0.05, 0) is 13.6 Å². The lowest BCUT2D eigenvalue weighted by atomic mass is 10.8. The van der Waals surface area contributed by atoms with E-state index in [2.05, 4.69) is 22.6 Å². The number of rotatable bonds is 2. The summed E-state index contributed by atoms with van der Waals surface area (Å²) >= 11 is 2.16. The number of nitrogens with zero attached hydrogens (tertiary/aromatic N) is 1. The van der Waals surface area contributed by atoms with E-state index in [0.717, 1.165) is 9.49 Å². The van der Waals surface area contributed by atoms with E-state index in [4.69, 9.17) is 0 Å². The van der Waals surface area contributed by atoms with Gasteiger partial charge < -0.3 is 10.3 Å². The second-order valence-electron chi connectivity index (χ2n) is 1.04. The number of hydroxylamine groups is 2. The first-order valence-electron chi connectivity index (χ1n) is 1.71. The van der Waals surface area contributed by atoms with E-state index in [0.29, 0.717) is 6.54 Å². The zero-order valence-electron chi connectivity index (χ0n) is 3.65. The van der Waals surface area contributed by atoms with E-state index >= 15 is 0 Å². The Bertz CT molecular complexity index is 32.0. The number of halogens is 1. The predicted octanol–water partition coefficient (Wildman–Crippen LogP) is 0.851. The molecule has 0 aromatic heterocycles. The van der Waals surface area contributed by atoms with Crippen molar-refractivity contribution in [3.63, 3.8) is 0 Å². The van der Waals surface area contributed by atoms with Crippen LogP contribution in [0.25, 0.3) is 0 Å². The van der Waals surface area contributed by atoms with Crippen molar-refractivity contribution in [3.05, 3.63) is 5.21 Å². The van der Waals surface area contributed by atoms with Crippen LogP contribution in [0.5, 0.6) is 0 Å². The van der Waals surface area contributed by atoms with Crippen molar-refractivity contribution in [1.82, 2.24) is 5.06 Å². The molecule has 6 heavy (non-hydrogen) atoms. The Balaban J connectivity index is 2.63. The van der Waals surface area contributed by atoms with Gasteiger partial charge in [0.15, 0.2) is 0 Å². The number of alkyl halides is 1. The molecule has 0 saturated heterocycles. The Morgan fingerprint density at radius 2 is 2.33 bits per heavy atom. The lowest BCUT2D eigenvalue weighted by Gasteiger charge is -2.19. The Labute approximate surface area is 51.2 Å². The highest BCUT2D eigenvalue weighted by molar-refractivity contribution is 14.1. The third kappa shape index (κ3) is 4.65. The Morgan fingerprint density at radius 3 is 2.33 bits per heavy atom. The molecule has 38 valence electrons. The van der Waals surface area contributed by atoms with Gasteiger partial charge in [-0.2, -0.15) is 0 Å². The molecule has 0 aliphatic heterocycles. The molecule has 0 atom stereocenters. The van der Waals surface area contributed by atoms with Crippen LogP contribution in [0.4, 0.5) is 0 Å². The summed E-state index contributed by atoms with van der Waals surface area (Å²) in [7, 11) is 1.53. The number of hydrogen-bond donors (Lipinski definition) is 0. The molecule has 0 radical (unpaired) electrons. The van der Waals surface area contributed by atoms with E-state index in [1.165, 1.54) is 7.05 Å². The summed E-state index contributed by atoms with van der Waals surface area (Å²) < 4.78 is 0.914. The van der Waals surface area contributed by atoms with Crippen molar-refractivity contribution in [1.29, 1.82) is 0 Å². The van der Waals surface area contributed by atoms with Crippen LogP contribution in [0, 0.1) is 5.21 Å². The summed E-state index contributed by atoms with van der Waals surface area (Å²) in [4.78, 5) is 0. The quantitative estimate of drug-likeness (QED) is 0.375. The molecular formula is C3H7INO-. The summed E-state index contributed by atoms with van der Waals surface area (Å²) in [5.41, 5.74) is 0. The monoisotopic (exact) mass is 200 g/mol. The second-order valence-corrected chi connectivity index (χ2v) is 2.12. The Kier molecular flexibility index (Phi) is 4.24. The minimum absolute atomic E-state index is 0.639. The van der Waals surface area contributed by atoms with Crippen molar-refractivity contribution in [2.75, 3.05) is 18.0 Å². The van der Waals surface area contributed by atoms with Gasteiger partial charge in [0.25, 0.3) is 0 Å². The summed E-state index contributed by atoms with van der Waals surface area (Å²) in [5, 5.41) is 10.9. The minimum atomic E-state index is 0.639. The third-order valence-electron chi connectivity index (χ3n) is 0.399. The van der Waals surface area contributed by atoms with Crippen LogP contribution in [0.1, 0.15) is 0 Å². The van der Waals surface area contributed by atoms with Crippen molar-refractivity contribution < 1.29 is 0 Å². The molecule has 0 amide bonds. The van der Waals surface area contributed by atoms with Crippen LogP contribution in [0.2, 0.25) is 0 Å². The summed E-state index contributed by atoms with van der Waals surface area (Å²) in [6.07, 6.45) is 0. The molecule has 0 rings (SSSR count). The van der Waals surface area contributed by atoms with E-state index < -0.39 is 0 Å². The predicted molar refractivity (Wildman–Crippen MR) is 34.9 cm³/mol. The molecular weight excluding hydrogens is 193 g/mol. The number of hydrogen-bond acceptors (Lipinski definition) is 2. The highest BCUT2D eigenvalue weighted by Crippen LogP contribution is 1.81. The van der Waals surface area contributed by atoms with Crippen molar-refractivity contribution in [2.24, 2.45) is 0 Å². The topological polar surface area (TPSA) is 26.3 Å². The molecule has 0 aliphatic carbocycles. The highest BCUT2D eigenvalue weighted by Gasteiger charge is 1.73.